The van der Waals surface area contributed by atoms with Gasteiger partial charge in [-0.2, -0.15) is 0 Å². The zero-order chi connectivity index (χ0) is 12.2. The molecule has 0 bridgehead atoms. The van der Waals surface area contributed by atoms with Crippen LogP contribution in [0.15, 0.2) is 0 Å². The fraction of sp³-hybridized carbons (Fsp3) is 1.00. The smallest absolute Gasteiger partial charge is 0.00135 e. The van der Waals surface area contributed by atoms with Crippen molar-refractivity contribution in [3.63, 3.8) is 0 Å². The van der Waals surface area contributed by atoms with Crippen LogP contribution in [0.4, 0.5) is 0 Å². The number of hydrogen-bond donors (Lipinski definition) is 0. The Balaban J connectivity index is 2.27. The van der Waals surface area contributed by atoms with Crippen LogP contribution in [0.25, 0.3) is 0 Å². The lowest BCUT2D eigenvalue weighted by Gasteiger charge is -2.40. The highest BCUT2D eigenvalue weighted by molar-refractivity contribution is 4.82. The second kappa shape index (κ2) is 5.53. The van der Waals surface area contributed by atoms with Crippen molar-refractivity contribution < 1.29 is 0 Å². The van der Waals surface area contributed by atoms with E-state index in [2.05, 4.69) is 39.5 Å². The molecule has 0 saturated carbocycles. The van der Waals surface area contributed by atoms with Crippen LogP contribution in [0.1, 0.15) is 66.7 Å². The van der Waals surface area contributed by atoms with Gasteiger partial charge in [0.05, 0.1) is 0 Å². The summed E-state index contributed by atoms with van der Waals surface area (Å²) in [6.45, 7) is 15.8. The third-order valence-corrected chi connectivity index (χ3v) is 4.09. The molecular formula is C15H31N. The minimum atomic E-state index is 0.490. The van der Waals surface area contributed by atoms with E-state index in [1.165, 1.54) is 51.7 Å². The maximum Gasteiger partial charge on any atom is -0.00135 e. The Labute approximate surface area is 103 Å². The van der Waals surface area contributed by atoms with Gasteiger partial charge in [-0.05, 0) is 56.1 Å². The van der Waals surface area contributed by atoms with Crippen LogP contribution in [0.3, 0.4) is 0 Å². The van der Waals surface area contributed by atoms with Crippen LogP contribution >= 0.6 is 0 Å². The third kappa shape index (κ3) is 4.86. The van der Waals surface area contributed by atoms with Crippen LogP contribution in [0, 0.1) is 10.8 Å². The predicted octanol–water partition coefficient (Wildman–Crippen LogP) is 4.32. The SMILES string of the molecule is CCCC1(C)CCN(CCC(C)(C)C)CC1. The lowest BCUT2D eigenvalue weighted by Crippen LogP contribution is -2.39. The molecule has 0 unspecified atom stereocenters. The van der Waals surface area contributed by atoms with Crippen LogP contribution < -0.4 is 0 Å². The molecule has 1 rings (SSSR count). The van der Waals surface area contributed by atoms with Gasteiger partial charge in [0.2, 0.25) is 0 Å². The van der Waals surface area contributed by atoms with Crippen LogP contribution in [0.5, 0.6) is 0 Å². The summed E-state index contributed by atoms with van der Waals surface area (Å²) in [4.78, 5) is 2.67. The summed E-state index contributed by atoms with van der Waals surface area (Å²) in [5.41, 5.74) is 1.14. The molecule has 96 valence electrons. The van der Waals surface area contributed by atoms with Crippen LogP contribution in [0.2, 0.25) is 0 Å². The van der Waals surface area contributed by atoms with Gasteiger partial charge in [0.1, 0.15) is 0 Å². The average molecular weight is 225 g/mol. The van der Waals surface area contributed by atoms with Crippen molar-refractivity contribution in [2.24, 2.45) is 10.8 Å². The first kappa shape index (κ1) is 14.0. The Bertz CT molecular complexity index is 194. The molecule has 0 aliphatic carbocycles. The minimum Gasteiger partial charge on any atom is -0.303 e. The molecule has 0 spiro atoms. The highest BCUT2D eigenvalue weighted by Gasteiger charge is 2.29. The van der Waals surface area contributed by atoms with Gasteiger partial charge in [0.25, 0.3) is 0 Å². The highest BCUT2D eigenvalue weighted by atomic mass is 15.1. The maximum absolute atomic E-state index is 2.67. The molecule has 0 radical (unpaired) electrons. The third-order valence-electron chi connectivity index (χ3n) is 4.09. The van der Waals surface area contributed by atoms with E-state index in [1.54, 1.807) is 0 Å². The average Bonchev–Trinajstić information content (AvgIpc) is 2.16. The first-order valence-electron chi connectivity index (χ1n) is 7.07. The first-order chi connectivity index (χ1) is 7.35. The zero-order valence-electron chi connectivity index (χ0n) is 12.1. The maximum atomic E-state index is 2.67. The summed E-state index contributed by atoms with van der Waals surface area (Å²) in [6, 6.07) is 0. The number of hydrogen-bond acceptors (Lipinski definition) is 1. The molecular weight excluding hydrogens is 194 g/mol. The van der Waals surface area contributed by atoms with E-state index in [0.717, 1.165) is 0 Å². The zero-order valence-corrected chi connectivity index (χ0v) is 12.1. The Morgan fingerprint density at radius 3 is 2.12 bits per heavy atom. The van der Waals surface area contributed by atoms with Gasteiger partial charge in [0.15, 0.2) is 0 Å². The van der Waals surface area contributed by atoms with E-state index in [-0.39, 0.29) is 0 Å². The minimum absolute atomic E-state index is 0.490. The number of piperidine rings is 1. The number of rotatable bonds is 4. The van der Waals surface area contributed by atoms with E-state index in [0.29, 0.717) is 10.8 Å². The van der Waals surface area contributed by atoms with E-state index >= 15 is 0 Å². The summed E-state index contributed by atoms with van der Waals surface area (Å²) < 4.78 is 0. The fourth-order valence-electron chi connectivity index (χ4n) is 2.66. The van der Waals surface area contributed by atoms with Crippen molar-refractivity contribution in [3.05, 3.63) is 0 Å². The monoisotopic (exact) mass is 225 g/mol. The standard InChI is InChI=1S/C15H31N/c1-6-7-15(5)9-12-16(13-10-15)11-8-14(2,3)4/h6-13H2,1-5H3. The lowest BCUT2D eigenvalue weighted by atomic mass is 9.77. The number of nitrogens with zero attached hydrogens (tertiary/aromatic N) is 1. The lowest BCUT2D eigenvalue weighted by molar-refractivity contribution is 0.101. The Morgan fingerprint density at radius 1 is 1.12 bits per heavy atom. The van der Waals surface area contributed by atoms with Crippen LogP contribution in [-0.4, -0.2) is 24.5 Å². The second-order valence-electron chi connectivity index (χ2n) is 7.21. The van der Waals surface area contributed by atoms with Gasteiger partial charge in [0, 0.05) is 0 Å². The summed E-state index contributed by atoms with van der Waals surface area (Å²) in [7, 11) is 0. The van der Waals surface area contributed by atoms with Gasteiger partial charge >= 0.3 is 0 Å². The van der Waals surface area contributed by atoms with Gasteiger partial charge in [-0.25, -0.2) is 0 Å². The topological polar surface area (TPSA) is 3.24 Å². The summed E-state index contributed by atoms with van der Waals surface area (Å²) in [5, 5.41) is 0. The second-order valence-corrected chi connectivity index (χ2v) is 7.21. The largest absolute Gasteiger partial charge is 0.303 e. The molecule has 1 fully saturated rings. The van der Waals surface area contributed by atoms with Crippen molar-refractivity contribution in [1.82, 2.24) is 4.90 Å². The molecule has 0 aromatic heterocycles. The van der Waals surface area contributed by atoms with Crippen molar-refractivity contribution in [1.29, 1.82) is 0 Å². The van der Waals surface area contributed by atoms with E-state index in [9.17, 15) is 0 Å². The van der Waals surface area contributed by atoms with Crippen molar-refractivity contribution in [2.45, 2.75) is 66.7 Å². The molecule has 1 heteroatoms. The quantitative estimate of drug-likeness (QED) is 0.688. The molecule has 16 heavy (non-hydrogen) atoms. The molecule has 1 aliphatic rings. The molecule has 1 heterocycles. The summed E-state index contributed by atoms with van der Waals surface area (Å²) in [5.74, 6) is 0. The highest BCUT2D eigenvalue weighted by Crippen LogP contribution is 2.35. The Morgan fingerprint density at radius 2 is 1.69 bits per heavy atom. The summed E-state index contributed by atoms with van der Waals surface area (Å²) in [6.07, 6.45) is 6.91. The molecule has 0 atom stereocenters. The molecule has 1 nitrogen and oxygen atoms in total. The van der Waals surface area contributed by atoms with E-state index < -0.39 is 0 Å². The van der Waals surface area contributed by atoms with Gasteiger partial charge in [-0.15, -0.1) is 0 Å². The van der Waals surface area contributed by atoms with Gasteiger partial charge < -0.3 is 4.90 Å². The van der Waals surface area contributed by atoms with Crippen molar-refractivity contribution in [2.75, 3.05) is 19.6 Å². The van der Waals surface area contributed by atoms with Gasteiger partial charge in [-0.1, -0.05) is 41.0 Å². The number of likely N-dealkylation sites (tertiary alicyclic amines) is 1. The van der Waals surface area contributed by atoms with E-state index in [1.807, 2.05) is 0 Å². The Hall–Kier alpha value is -0.0400. The first-order valence-corrected chi connectivity index (χ1v) is 7.07. The Kier molecular flexibility index (Phi) is 4.85. The molecule has 0 aromatic carbocycles. The molecule has 0 amide bonds. The molecule has 0 aromatic rings. The molecule has 1 aliphatic heterocycles. The fourth-order valence-corrected chi connectivity index (χ4v) is 2.66. The normalized spacial score (nSPS) is 22.3. The molecule has 1 saturated heterocycles. The van der Waals surface area contributed by atoms with E-state index in [4.69, 9.17) is 0 Å². The van der Waals surface area contributed by atoms with Crippen LogP contribution in [-0.2, 0) is 0 Å². The summed E-state index contributed by atoms with van der Waals surface area (Å²) >= 11 is 0. The van der Waals surface area contributed by atoms with Crippen molar-refractivity contribution in [3.8, 4) is 0 Å². The predicted molar refractivity (Wildman–Crippen MR) is 72.8 cm³/mol. The van der Waals surface area contributed by atoms with Crippen molar-refractivity contribution >= 4 is 0 Å². The molecule has 0 N–H and O–H groups in total. The van der Waals surface area contributed by atoms with Gasteiger partial charge in [-0.3, -0.25) is 0 Å².